The predicted octanol–water partition coefficient (Wildman–Crippen LogP) is -0.405. The van der Waals surface area contributed by atoms with E-state index in [4.69, 9.17) is 9.84 Å². The molecule has 1 saturated heterocycles. The lowest BCUT2D eigenvalue weighted by Crippen LogP contribution is -2.47. The van der Waals surface area contributed by atoms with Crippen molar-refractivity contribution < 1.29 is 24.5 Å². The molecule has 0 spiro atoms. The normalized spacial score (nSPS) is 23.2. The van der Waals surface area contributed by atoms with Crippen LogP contribution in [-0.4, -0.2) is 78.0 Å². The minimum absolute atomic E-state index is 0.0738. The van der Waals surface area contributed by atoms with E-state index in [1.165, 1.54) is 9.80 Å². The third-order valence-electron chi connectivity index (χ3n) is 2.98. The summed E-state index contributed by atoms with van der Waals surface area (Å²) in [6.45, 7) is 1.11. The summed E-state index contributed by atoms with van der Waals surface area (Å²) in [6, 6.07) is -1.30. The minimum atomic E-state index is -1.08. The van der Waals surface area contributed by atoms with Crippen molar-refractivity contribution in [3.05, 3.63) is 0 Å². The van der Waals surface area contributed by atoms with Crippen molar-refractivity contribution in [3.8, 4) is 0 Å². The summed E-state index contributed by atoms with van der Waals surface area (Å²) in [6.07, 6.45) is 0.0160. The van der Waals surface area contributed by atoms with Gasteiger partial charge in [0, 0.05) is 40.3 Å². The van der Waals surface area contributed by atoms with Gasteiger partial charge < -0.3 is 24.7 Å². The molecule has 0 aromatic rings. The molecule has 2 N–H and O–H groups in total. The highest BCUT2D eigenvalue weighted by molar-refractivity contribution is 5.83. The summed E-state index contributed by atoms with van der Waals surface area (Å²) in [5, 5.41) is 18.5. The summed E-state index contributed by atoms with van der Waals surface area (Å²) in [4.78, 5) is 25.7. The number of urea groups is 1. The van der Waals surface area contributed by atoms with Crippen molar-refractivity contribution in [2.24, 2.45) is 0 Å². The smallest absolute Gasteiger partial charge is 0.326 e. The fraction of sp³-hybridized carbons (Fsp3) is 0.818. The topological polar surface area (TPSA) is 90.3 Å². The lowest BCUT2D eigenvalue weighted by Gasteiger charge is -2.27. The van der Waals surface area contributed by atoms with E-state index in [9.17, 15) is 14.7 Å². The zero-order valence-corrected chi connectivity index (χ0v) is 10.7. The molecule has 0 aromatic carbocycles. The maximum Gasteiger partial charge on any atom is 0.326 e. The number of β-amino-alcohol motifs (C(OH)–C–C–N with tert-alkyl or cyclic N) is 1. The van der Waals surface area contributed by atoms with Gasteiger partial charge in [-0.1, -0.05) is 0 Å². The molecule has 1 fully saturated rings. The maximum absolute atomic E-state index is 12.0. The van der Waals surface area contributed by atoms with Crippen molar-refractivity contribution in [1.29, 1.82) is 0 Å². The van der Waals surface area contributed by atoms with Gasteiger partial charge in [0.15, 0.2) is 0 Å². The monoisotopic (exact) mass is 260 g/mol. The van der Waals surface area contributed by atoms with Crippen molar-refractivity contribution in [2.75, 3.05) is 33.9 Å². The standard InChI is InChI=1S/C11H20N2O5/c1-12(4-3-5-18-2)11(17)13-7-8(14)6-9(13)10(15)16/h8-9,14H,3-7H2,1-2H3,(H,15,16)/t8-,9+/m1/s1. The van der Waals surface area contributed by atoms with Crippen LogP contribution in [0, 0.1) is 0 Å². The zero-order valence-electron chi connectivity index (χ0n) is 10.7. The van der Waals surface area contributed by atoms with E-state index in [-0.39, 0.29) is 19.0 Å². The second kappa shape index (κ2) is 6.55. The number of amides is 2. The number of aliphatic hydroxyl groups excluding tert-OH is 1. The van der Waals surface area contributed by atoms with Gasteiger partial charge in [-0.05, 0) is 6.42 Å². The lowest BCUT2D eigenvalue weighted by molar-refractivity contribution is -0.141. The Bertz CT molecular complexity index is 310. The molecule has 18 heavy (non-hydrogen) atoms. The van der Waals surface area contributed by atoms with Crippen LogP contribution in [-0.2, 0) is 9.53 Å². The predicted molar refractivity (Wildman–Crippen MR) is 63.3 cm³/mol. The van der Waals surface area contributed by atoms with Gasteiger partial charge in [-0.3, -0.25) is 0 Å². The Labute approximate surface area is 106 Å². The summed E-state index contributed by atoms with van der Waals surface area (Å²) < 4.78 is 4.89. The molecule has 1 heterocycles. The molecule has 7 nitrogen and oxygen atoms in total. The van der Waals surface area contributed by atoms with Crippen LogP contribution >= 0.6 is 0 Å². The molecule has 7 heteroatoms. The number of nitrogens with zero attached hydrogens (tertiary/aromatic N) is 2. The number of carboxylic acid groups (broad SMARTS) is 1. The molecule has 1 aliphatic heterocycles. The first-order chi connectivity index (χ1) is 8.47. The second-order valence-electron chi connectivity index (χ2n) is 4.45. The summed E-state index contributed by atoms with van der Waals surface area (Å²) in [5.41, 5.74) is 0. The number of carbonyl (C=O) groups excluding carboxylic acids is 1. The first kappa shape index (κ1) is 14.7. The molecule has 104 valence electrons. The lowest BCUT2D eigenvalue weighted by atomic mass is 10.2. The molecule has 1 rings (SSSR count). The van der Waals surface area contributed by atoms with Crippen molar-refractivity contribution in [1.82, 2.24) is 9.80 Å². The Kier molecular flexibility index (Phi) is 5.36. The summed E-state index contributed by atoms with van der Waals surface area (Å²) in [5.74, 6) is -1.08. The third-order valence-corrected chi connectivity index (χ3v) is 2.98. The van der Waals surface area contributed by atoms with E-state index in [0.29, 0.717) is 19.6 Å². The molecule has 2 atom stereocenters. The number of methoxy groups -OCH3 is 1. The number of rotatable bonds is 5. The van der Waals surface area contributed by atoms with Gasteiger partial charge in [0.05, 0.1) is 6.10 Å². The van der Waals surface area contributed by atoms with Gasteiger partial charge in [-0.15, -0.1) is 0 Å². The van der Waals surface area contributed by atoms with Gasteiger partial charge in [0.25, 0.3) is 0 Å². The van der Waals surface area contributed by atoms with E-state index < -0.39 is 18.1 Å². The summed E-state index contributed by atoms with van der Waals surface area (Å²) in [7, 11) is 3.20. The molecule has 0 radical (unpaired) electrons. The van der Waals surface area contributed by atoms with Crippen LogP contribution in [0.15, 0.2) is 0 Å². The molecular formula is C11H20N2O5. The minimum Gasteiger partial charge on any atom is -0.480 e. The Morgan fingerprint density at radius 2 is 2.17 bits per heavy atom. The number of likely N-dealkylation sites (tertiary alicyclic amines) is 1. The van der Waals surface area contributed by atoms with Crippen LogP contribution in [0.4, 0.5) is 4.79 Å². The van der Waals surface area contributed by atoms with Gasteiger partial charge in [0.2, 0.25) is 0 Å². The molecule has 0 bridgehead atoms. The number of aliphatic hydroxyl groups is 1. The Morgan fingerprint density at radius 1 is 1.50 bits per heavy atom. The first-order valence-corrected chi connectivity index (χ1v) is 5.89. The Balaban J connectivity index is 2.56. The third kappa shape index (κ3) is 3.58. The molecule has 1 aliphatic rings. The van der Waals surface area contributed by atoms with E-state index >= 15 is 0 Å². The van der Waals surface area contributed by atoms with E-state index in [1.807, 2.05) is 0 Å². The maximum atomic E-state index is 12.0. The van der Waals surface area contributed by atoms with Gasteiger partial charge >= 0.3 is 12.0 Å². The molecule has 2 amide bonds. The van der Waals surface area contributed by atoms with Crippen LogP contribution in [0.5, 0.6) is 0 Å². The highest BCUT2D eigenvalue weighted by atomic mass is 16.5. The number of hydrogen-bond acceptors (Lipinski definition) is 4. The quantitative estimate of drug-likeness (QED) is 0.656. The molecular weight excluding hydrogens is 240 g/mol. The summed E-state index contributed by atoms with van der Waals surface area (Å²) >= 11 is 0. The van der Waals surface area contributed by atoms with Crippen molar-refractivity contribution in [2.45, 2.75) is 25.0 Å². The number of carboxylic acids is 1. The molecule has 0 aromatic heterocycles. The van der Waals surface area contributed by atoms with Crippen molar-refractivity contribution in [3.63, 3.8) is 0 Å². The fourth-order valence-electron chi connectivity index (χ4n) is 2.02. The van der Waals surface area contributed by atoms with Gasteiger partial charge in [-0.25, -0.2) is 9.59 Å². The number of ether oxygens (including phenoxy) is 1. The number of carbonyl (C=O) groups is 2. The number of hydrogen-bond donors (Lipinski definition) is 2. The van der Waals surface area contributed by atoms with E-state index in [0.717, 1.165) is 0 Å². The molecule has 0 saturated carbocycles. The zero-order chi connectivity index (χ0) is 13.7. The van der Waals surface area contributed by atoms with E-state index in [1.54, 1.807) is 14.2 Å². The fourth-order valence-corrected chi connectivity index (χ4v) is 2.02. The van der Waals surface area contributed by atoms with E-state index in [2.05, 4.69) is 0 Å². The van der Waals surface area contributed by atoms with Crippen LogP contribution in [0.25, 0.3) is 0 Å². The van der Waals surface area contributed by atoms with Gasteiger partial charge in [-0.2, -0.15) is 0 Å². The van der Waals surface area contributed by atoms with Crippen LogP contribution in [0.2, 0.25) is 0 Å². The Hall–Kier alpha value is -1.34. The second-order valence-corrected chi connectivity index (χ2v) is 4.45. The molecule has 0 unspecified atom stereocenters. The molecule has 0 aliphatic carbocycles. The average Bonchev–Trinajstić information content (AvgIpc) is 2.70. The first-order valence-electron chi connectivity index (χ1n) is 5.89. The van der Waals surface area contributed by atoms with Crippen LogP contribution < -0.4 is 0 Å². The van der Waals surface area contributed by atoms with Gasteiger partial charge in [0.1, 0.15) is 6.04 Å². The highest BCUT2D eigenvalue weighted by Crippen LogP contribution is 2.19. The van der Waals surface area contributed by atoms with Crippen LogP contribution in [0.1, 0.15) is 12.8 Å². The van der Waals surface area contributed by atoms with Crippen molar-refractivity contribution >= 4 is 12.0 Å². The Morgan fingerprint density at radius 3 is 2.72 bits per heavy atom. The SMILES string of the molecule is COCCCN(C)C(=O)N1C[C@H](O)C[C@H]1C(=O)O. The largest absolute Gasteiger partial charge is 0.480 e. The van der Waals surface area contributed by atoms with Crippen LogP contribution in [0.3, 0.4) is 0 Å². The highest BCUT2D eigenvalue weighted by Gasteiger charge is 2.39. The average molecular weight is 260 g/mol. The number of aliphatic carboxylic acids is 1.